The van der Waals surface area contributed by atoms with Crippen LogP contribution in [0.4, 0.5) is 13.2 Å². The van der Waals surface area contributed by atoms with E-state index in [1.54, 1.807) is 0 Å². The maximum atomic E-state index is 12.6. The van der Waals surface area contributed by atoms with E-state index in [4.69, 9.17) is 4.74 Å². The van der Waals surface area contributed by atoms with Crippen LogP contribution >= 0.6 is 15.9 Å². The molecule has 1 aromatic rings. The third-order valence-electron chi connectivity index (χ3n) is 2.93. The van der Waals surface area contributed by atoms with Crippen LogP contribution in [0.15, 0.2) is 22.7 Å². The predicted octanol–water partition coefficient (Wildman–Crippen LogP) is 3.68. The van der Waals surface area contributed by atoms with E-state index >= 15 is 0 Å². The smallest absolute Gasteiger partial charge is 0.393 e. The van der Waals surface area contributed by atoms with Gasteiger partial charge in [-0.15, -0.1) is 0 Å². The Labute approximate surface area is 111 Å². The molecular formula is C12H12BrF3O2. The maximum absolute atomic E-state index is 12.6. The monoisotopic (exact) mass is 324 g/mol. The molecule has 2 unspecified atom stereocenters. The quantitative estimate of drug-likeness (QED) is 0.853. The number of aliphatic hydroxyl groups is 1. The molecule has 2 nitrogen and oxygen atoms in total. The van der Waals surface area contributed by atoms with E-state index in [2.05, 4.69) is 15.9 Å². The Balaban J connectivity index is 2.23. The Kier molecular flexibility index (Phi) is 3.99. The second-order valence-electron chi connectivity index (χ2n) is 4.27. The molecule has 0 amide bonds. The molecule has 18 heavy (non-hydrogen) atoms. The number of ether oxygens (including phenoxy) is 1. The van der Waals surface area contributed by atoms with Crippen LogP contribution in [-0.2, 0) is 10.9 Å². The van der Waals surface area contributed by atoms with Gasteiger partial charge in [0.05, 0.1) is 17.8 Å². The van der Waals surface area contributed by atoms with Gasteiger partial charge in [0.1, 0.15) is 0 Å². The molecule has 0 spiro atoms. The highest BCUT2D eigenvalue weighted by Crippen LogP contribution is 2.37. The van der Waals surface area contributed by atoms with E-state index < -0.39 is 17.8 Å². The number of aliphatic hydroxyl groups excluding tert-OH is 1. The van der Waals surface area contributed by atoms with Crippen molar-refractivity contribution in [1.29, 1.82) is 0 Å². The van der Waals surface area contributed by atoms with Crippen molar-refractivity contribution >= 4 is 15.9 Å². The summed E-state index contributed by atoms with van der Waals surface area (Å²) in [5, 5.41) is 9.52. The molecule has 6 heteroatoms. The highest BCUT2D eigenvalue weighted by atomic mass is 79.9. The van der Waals surface area contributed by atoms with Crippen molar-refractivity contribution < 1.29 is 23.0 Å². The fourth-order valence-electron chi connectivity index (χ4n) is 1.97. The molecule has 0 aromatic heterocycles. The van der Waals surface area contributed by atoms with Gasteiger partial charge < -0.3 is 9.84 Å². The van der Waals surface area contributed by atoms with Crippen LogP contribution in [0, 0.1) is 0 Å². The average molecular weight is 325 g/mol. The average Bonchev–Trinajstić information content (AvgIpc) is 2.27. The lowest BCUT2D eigenvalue weighted by molar-refractivity contribution is -0.138. The van der Waals surface area contributed by atoms with Crippen LogP contribution in [0.25, 0.3) is 0 Å². The maximum Gasteiger partial charge on any atom is 0.417 e. The highest BCUT2D eigenvalue weighted by molar-refractivity contribution is 9.10. The highest BCUT2D eigenvalue weighted by Gasteiger charge is 2.33. The third kappa shape index (κ3) is 3.05. The number of hydrogen-bond donors (Lipinski definition) is 1. The number of alkyl halides is 3. The first-order chi connectivity index (χ1) is 8.38. The lowest BCUT2D eigenvalue weighted by Crippen LogP contribution is -2.23. The van der Waals surface area contributed by atoms with E-state index in [9.17, 15) is 18.3 Å². The molecule has 0 bridgehead atoms. The summed E-state index contributed by atoms with van der Waals surface area (Å²) < 4.78 is 43.2. The minimum Gasteiger partial charge on any atom is -0.393 e. The minimum atomic E-state index is -4.37. The van der Waals surface area contributed by atoms with Crippen molar-refractivity contribution in [3.63, 3.8) is 0 Å². The van der Waals surface area contributed by atoms with Gasteiger partial charge >= 0.3 is 6.18 Å². The van der Waals surface area contributed by atoms with Gasteiger partial charge in [0, 0.05) is 17.5 Å². The van der Waals surface area contributed by atoms with Crippen molar-refractivity contribution in [2.45, 2.75) is 31.2 Å². The largest absolute Gasteiger partial charge is 0.417 e. The summed E-state index contributed by atoms with van der Waals surface area (Å²) in [6.07, 6.45) is -4.18. The van der Waals surface area contributed by atoms with Gasteiger partial charge in [0.25, 0.3) is 0 Å². The first-order valence-corrected chi connectivity index (χ1v) is 6.33. The van der Waals surface area contributed by atoms with Crippen molar-refractivity contribution in [2.75, 3.05) is 6.61 Å². The summed E-state index contributed by atoms with van der Waals surface area (Å²) in [5.41, 5.74) is -0.0590. The van der Waals surface area contributed by atoms with Gasteiger partial charge in [-0.05, 0) is 24.1 Å². The van der Waals surface area contributed by atoms with Gasteiger partial charge in [0.15, 0.2) is 0 Å². The standard InChI is InChI=1S/C12H12BrF3O2/c13-10-5-7(1-2-9(10)12(14,15)16)11-6-8(17)3-4-18-11/h1-2,5,8,11,17H,3-4,6H2. The van der Waals surface area contributed by atoms with Crippen LogP contribution < -0.4 is 0 Å². The van der Waals surface area contributed by atoms with Gasteiger partial charge in [0.2, 0.25) is 0 Å². The Morgan fingerprint density at radius 1 is 1.33 bits per heavy atom. The number of rotatable bonds is 1. The van der Waals surface area contributed by atoms with Crippen LogP contribution in [0.1, 0.15) is 30.1 Å². The van der Waals surface area contributed by atoms with E-state index in [1.807, 2.05) is 0 Å². The fourth-order valence-corrected chi connectivity index (χ4v) is 2.59. The third-order valence-corrected chi connectivity index (χ3v) is 3.58. The van der Waals surface area contributed by atoms with Crippen molar-refractivity contribution in [1.82, 2.24) is 0 Å². The molecule has 2 rings (SSSR count). The summed E-state index contributed by atoms with van der Waals surface area (Å²) in [5.74, 6) is 0. The number of benzene rings is 1. The Hall–Kier alpha value is -0.590. The second-order valence-corrected chi connectivity index (χ2v) is 5.13. The molecule has 0 saturated carbocycles. The molecule has 0 aliphatic carbocycles. The van der Waals surface area contributed by atoms with E-state index in [0.717, 1.165) is 6.07 Å². The SMILES string of the molecule is OC1CCOC(c2ccc(C(F)(F)F)c(Br)c2)C1. The lowest BCUT2D eigenvalue weighted by Gasteiger charge is -2.27. The van der Waals surface area contributed by atoms with E-state index in [1.165, 1.54) is 12.1 Å². The molecule has 1 N–H and O–H groups in total. The van der Waals surface area contributed by atoms with Crippen molar-refractivity contribution in [3.8, 4) is 0 Å². The molecule has 1 fully saturated rings. The van der Waals surface area contributed by atoms with Gasteiger partial charge in [-0.2, -0.15) is 13.2 Å². The van der Waals surface area contributed by atoms with Gasteiger partial charge in [-0.1, -0.05) is 22.0 Å². The van der Waals surface area contributed by atoms with Crippen molar-refractivity contribution in [2.24, 2.45) is 0 Å². The predicted molar refractivity (Wildman–Crippen MR) is 63.1 cm³/mol. The molecule has 1 aliphatic heterocycles. The second kappa shape index (κ2) is 5.19. The Morgan fingerprint density at radius 2 is 2.06 bits per heavy atom. The zero-order valence-electron chi connectivity index (χ0n) is 9.38. The molecule has 100 valence electrons. The normalized spacial score (nSPS) is 25.2. The topological polar surface area (TPSA) is 29.5 Å². The molecular weight excluding hydrogens is 313 g/mol. The summed E-state index contributed by atoms with van der Waals surface area (Å²) in [7, 11) is 0. The summed E-state index contributed by atoms with van der Waals surface area (Å²) in [6.45, 7) is 0.421. The summed E-state index contributed by atoms with van der Waals surface area (Å²) >= 11 is 2.93. The van der Waals surface area contributed by atoms with Gasteiger partial charge in [-0.3, -0.25) is 0 Å². The van der Waals surface area contributed by atoms with Crippen molar-refractivity contribution in [3.05, 3.63) is 33.8 Å². The summed E-state index contributed by atoms with van der Waals surface area (Å²) in [4.78, 5) is 0. The molecule has 0 radical (unpaired) electrons. The minimum absolute atomic E-state index is 0.00355. The zero-order valence-corrected chi connectivity index (χ0v) is 11.0. The number of halogens is 4. The van der Waals surface area contributed by atoms with Crippen LogP contribution in [0.2, 0.25) is 0 Å². The van der Waals surface area contributed by atoms with Crippen LogP contribution in [-0.4, -0.2) is 17.8 Å². The van der Waals surface area contributed by atoms with Gasteiger partial charge in [-0.25, -0.2) is 0 Å². The molecule has 1 aliphatic rings. The van der Waals surface area contributed by atoms with Crippen LogP contribution in [0.3, 0.4) is 0 Å². The molecule has 2 atom stereocenters. The number of hydrogen-bond acceptors (Lipinski definition) is 2. The fraction of sp³-hybridized carbons (Fsp3) is 0.500. The van der Waals surface area contributed by atoms with E-state index in [-0.39, 0.29) is 10.6 Å². The molecule has 1 aromatic carbocycles. The van der Waals surface area contributed by atoms with E-state index in [0.29, 0.717) is 25.0 Å². The Bertz CT molecular complexity index is 434. The first-order valence-electron chi connectivity index (χ1n) is 5.54. The Morgan fingerprint density at radius 3 is 2.61 bits per heavy atom. The molecule has 1 heterocycles. The zero-order chi connectivity index (χ0) is 13.3. The lowest BCUT2D eigenvalue weighted by atomic mass is 9.98. The first kappa shape index (κ1) is 13.8. The van der Waals surface area contributed by atoms with Crippen LogP contribution in [0.5, 0.6) is 0 Å². The molecule has 1 saturated heterocycles. The summed E-state index contributed by atoms with van der Waals surface area (Å²) in [6, 6.07) is 3.84.